The average Bonchev–Trinajstić information content (AvgIpc) is 3.24. The molecule has 0 N–H and O–H groups in total. The van der Waals surface area contributed by atoms with Crippen LogP contribution in [0.4, 0.5) is 0 Å². The summed E-state index contributed by atoms with van der Waals surface area (Å²) in [7, 11) is -1.58. The van der Waals surface area contributed by atoms with Gasteiger partial charge >= 0.3 is 0 Å². The highest BCUT2D eigenvalue weighted by atomic mass is 32.2. The molecular weight excluding hydrogens is 416 g/mol. The van der Waals surface area contributed by atoms with Crippen molar-refractivity contribution < 1.29 is 17.6 Å². The summed E-state index contributed by atoms with van der Waals surface area (Å²) in [5.41, 5.74) is 2.44. The molecule has 0 bridgehead atoms. The minimum Gasteiger partial charge on any atom is -0.496 e. The van der Waals surface area contributed by atoms with Crippen LogP contribution < -0.4 is 4.74 Å². The van der Waals surface area contributed by atoms with Gasteiger partial charge in [-0.25, -0.2) is 8.42 Å². The van der Waals surface area contributed by atoms with Crippen molar-refractivity contribution in [1.29, 1.82) is 0 Å². The lowest BCUT2D eigenvalue weighted by atomic mass is 9.96. The van der Waals surface area contributed by atoms with Crippen molar-refractivity contribution in [3.8, 4) is 5.75 Å². The van der Waals surface area contributed by atoms with E-state index in [1.807, 2.05) is 6.07 Å². The van der Waals surface area contributed by atoms with Crippen LogP contribution in [0.3, 0.4) is 0 Å². The Morgan fingerprint density at radius 1 is 1.10 bits per heavy atom. The third kappa shape index (κ3) is 5.10. The van der Waals surface area contributed by atoms with E-state index >= 15 is 0 Å². The maximum atomic E-state index is 12.2. The van der Waals surface area contributed by atoms with Crippen molar-refractivity contribution in [2.24, 2.45) is 0 Å². The zero-order valence-corrected chi connectivity index (χ0v) is 19.4. The first-order chi connectivity index (χ1) is 14.8. The van der Waals surface area contributed by atoms with Crippen LogP contribution in [0.5, 0.6) is 5.75 Å². The normalized spacial score (nSPS) is 22.0. The lowest BCUT2D eigenvalue weighted by Crippen LogP contribution is -2.37. The van der Waals surface area contributed by atoms with E-state index in [4.69, 9.17) is 9.15 Å². The number of methoxy groups -OCH3 is 1. The minimum atomic E-state index is -3.30. The Morgan fingerprint density at radius 3 is 2.55 bits per heavy atom. The summed E-state index contributed by atoms with van der Waals surface area (Å²) in [4.78, 5) is 2.43. The van der Waals surface area contributed by atoms with Gasteiger partial charge in [-0.05, 0) is 51.8 Å². The van der Waals surface area contributed by atoms with Gasteiger partial charge in [0, 0.05) is 24.6 Å². The number of benzene rings is 1. The number of likely N-dealkylation sites (tertiary alicyclic amines) is 1. The molecule has 2 aromatic rings. The minimum absolute atomic E-state index is 0.215. The molecule has 0 spiro atoms. The Balaban J connectivity index is 1.39. The van der Waals surface area contributed by atoms with E-state index in [0.29, 0.717) is 18.3 Å². The van der Waals surface area contributed by atoms with Gasteiger partial charge in [-0.15, -0.1) is 10.2 Å². The number of sulfonamides is 1. The third-order valence-corrected chi connectivity index (χ3v) is 7.68. The van der Waals surface area contributed by atoms with Crippen LogP contribution in [0.1, 0.15) is 67.0 Å². The van der Waals surface area contributed by atoms with Gasteiger partial charge in [-0.3, -0.25) is 4.90 Å². The number of hydrogen-bond acceptors (Lipinski definition) is 7. The molecule has 9 heteroatoms. The van der Waals surface area contributed by atoms with Crippen molar-refractivity contribution in [3.05, 3.63) is 41.1 Å². The fraction of sp³-hybridized carbons (Fsp3) is 0.636. The highest BCUT2D eigenvalue weighted by Crippen LogP contribution is 2.35. The van der Waals surface area contributed by atoms with E-state index < -0.39 is 10.0 Å². The third-order valence-electron chi connectivity index (χ3n) is 6.39. The molecule has 2 fully saturated rings. The van der Waals surface area contributed by atoms with Crippen LogP contribution in [0.15, 0.2) is 22.6 Å². The molecule has 2 aliphatic rings. The predicted octanol–water partition coefficient (Wildman–Crippen LogP) is 3.25. The maximum Gasteiger partial charge on any atom is 0.234 e. The molecule has 0 saturated carbocycles. The van der Waals surface area contributed by atoms with Crippen molar-refractivity contribution in [2.75, 3.05) is 33.0 Å². The summed E-state index contributed by atoms with van der Waals surface area (Å²) in [6.45, 7) is 5.36. The summed E-state index contributed by atoms with van der Waals surface area (Å²) in [5, 5.41) is 8.55. The lowest BCUT2D eigenvalue weighted by molar-refractivity contribution is 0.182. The zero-order valence-electron chi connectivity index (χ0n) is 18.6. The second kappa shape index (κ2) is 9.26. The predicted molar refractivity (Wildman–Crippen MR) is 117 cm³/mol. The number of aromatic nitrogens is 2. The Bertz CT molecular complexity index is 999. The molecule has 0 unspecified atom stereocenters. The molecule has 4 rings (SSSR count). The molecule has 2 aliphatic heterocycles. The van der Waals surface area contributed by atoms with E-state index in [2.05, 4.69) is 34.2 Å². The van der Waals surface area contributed by atoms with E-state index in [1.165, 1.54) is 21.7 Å². The average molecular weight is 449 g/mol. The van der Waals surface area contributed by atoms with E-state index in [1.54, 1.807) is 7.11 Å². The summed E-state index contributed by atoms with van der Waals surface area (Å²) < 4.78 is 37.4. The molecule has 8 nitrogen and oxygen atoms in total. The van der Waals surface area contributed by atoms with Crippen molar-refractivity contribution in [2.45, 2.75) is 57.5 Å². The molecule has 1 atom stereocenters. The highest BCUT2D eigenvalue weighted by Gasteiger charge is 2.35. The fourth-order valence-electron chi connectivity index (χ4n) is 4.70. The van der Waals surface area contributed by atoms with Gasteiger partial charge in [0.1, 0.15) is 11.8 Å². The van der Waals surface area contributed by atoms with Gasteiger partial charge in [0.2, 0.25) is 21.8 Å². The van der Waals surface area contributed by atoms with Crippen molar-refractivity contribution >= 4 is 10.0 Å². The number of nitrogens with zero attached hydrogens (tertiary/aromatic N) is 4. The summed E-state index contributed by atoms with van der Waals surface area (Å²) >= 11 is 0. The first-order valence-corrected chi connectivity index (χ1v) is 12.9. The molecule has 0 aliphatic carbocycles. The lowest BCUT2D eigenvalue weighted by Gasteiger charge is -2.31. The van der Waals surface area contributed by atoms with E-state index in [-0.39, 0.29) is 12.0 Å². The highest BCUT2D eigenvalue weighted by molar-refractivity contribution is 7.88. The molecule has 0 amide bonds. The summed E-state index contributed by atoms with van der Waals surface area (Å²) in [5.74, 6) is 2.22. The Labute approximate surface area is 184 Å². The number of hydrogen-bond donors (Lipinski definition) is 0. The van der Waals surface area contributed by atoms with Gasteiger partial charge in [0.15, 0.2) is 0 Å². The Hall–Kier alpha value is -1.97. The molecule has 170 valence electrons. The smallest absolute Gasteiger partial charge is 0.234 e. The maximum absolute atomic E-state index is 12.2. The first-order valence-electron chi connectivity index (χ1n) is 11.0. The Kier molecular flexibility index (Phi) is 6.64. The topological polar surface area (TPSA) is 88.8 Å². The molecule has 1 aromatic heterocycles. The second-order valence-electron chi connectivity index (χ2n) is 8.73. The first kappa shape index (κ1) is 22.2. The van der Waals surface area contributed by atoms with Gasteiger partial charge in [0.25, 0.3) is 0 Å². The number of rotatable bonds is 6. The summed E-state index contributed by atoms with van der Waals surface area (Å²) in [6, 6.07) is 5.95. The van der Waals surface area contributed by atoms with Crippen LogP contribution in [0.2, 0.25) is 0 Å². The van der Waals surface area contributed by atoms with Crippen LogP contribution in [0, 0.1) is 6.92 Å². The molecule has 2 saturated heterocycles. The fourth-order valence-corrected chi connectivity index (χ4v) is 5.82. The number of ether oxygens (including phenoxy) is 1. The van der Waals surface area contributed by atoms with E-state index in [0.717, 1.165) is 57.5 Å². The monoisotopic (exact) mass is 448 g/mol. The largest absolute Gasteiger partial charge is 0.496 e. The van der Waals surface area contributed by atoms with Crippen molar-refractivity contribution in [3.63, 3.8) is 0 Å². The number of piperidine rings is 2. The van der Waals surface area contributed by atoms with Gasteiger partial charge in [-0.2, -0.15) is 4.31 Å². The standard InChI is InChI=1S/C22H32N4O4S/c1-16-7-8-20(29-2)18(14-16)15-25-12-9-17(10-13-25)21-23-24-22(30-21)19-6-4-5-11-26(19)31(3,27)28/h7-8,14,17,19H,4-6,9-13,15H2,1-3H3/t19-/m1/s1. The van der Waals surface area contributed by atoms with Crippen LogP contribution >= 0.6 is 0 Å². The molecule has 0 radical (unpaired) electrons. The van der Waals surface area contributed by atoms with Crippen LogP contribution in [0.25, 0.3) is 0 Å². The zero-order chi connectivity index (χ0) is 22.0. The molecule has 31 heavy (non-hydrogen) atoms. The SMILES string of the molecule is COc1ccc(C)cc1CN1CCC(c2nnc([C@H]3CCCCN3S(C)(=O)=O)o2)CC1. The van der Waals surface area contributed by atoms with Crippen LogP contribution in [-0.4, -0.2) is 60.8 Å². The molecular formula is C22H32N4O4S. The Morgan fingerprint density at radius 2 is 1.84 bits per heavy atom. The van der Waals surface area contributed by atoms with Gasteiger partial charge in [0.05, 0.1) is 13.4 Å². The molecule has 1 aromatic carbocycles. The summed E-state index contributed by atoms with van der Waals surface area (Å²) in [6.07, 6.45) is 5.70. The van der Waals surface area contributed by atoms with Gasteiger partial charge in [-0.1, -0.05) is 24.1 Å². The second-order valence-corrected chi connectivity index (χ2v) is 10.7. The number of aryl methyl sites for hydroxylation is 1. The molecule has 3 heterocycles. The van der Waals surface area contributed by atoms with Crippen molar-refractivity contribution in [1.82, 2.24) is 19.4 Å². The van der Waals surface area contributed by atoms with Gasteiger partial charge < -0.3 is 9.15 Å². The van der Waals surface area contributed by atoms with E-state index in [9.17, 15) is 8.42 Å². The quantitative estimate of drug-likeness (QED) is 0.670. The van der Waals surface area contributed by atoms with Crippen LogP contribution in [-0.2, 0) is 16.6 Å².